The van der Waals surface area contributed by atoms with Crippen LogP contribution in [0, 0.1) is 0 Å². The van der Waals surface area contributed by atoms with Gasteiger partial charge >= 0.3 is 23.9 Å². The standard InChI is InChI=1S/C11H17NO5.C6H13NO2.C5H6O4.CH4.H2O/c1-4-12(5-2)9(13)8-17-11(15)7-6-10(14)16-3;1-3-7(4-2)6(9)5-8;1-9-5(8)3-2-4(6)7;;/h6-7H,4-5,8H2,1-3H3;8H,3-5H2,1-2H3;2-3H,1H3,(H,6,7);1H4;1H2/b7-6+;;3-2+;;. The Morgan fingerprint density at radius 1 is 0.676 bits per heavy atom. The lowest BCUT2D eigenvalue weighted by Crippen LogP contribution is -2.34. The summed E-state index contributed by atoms with van der Waals surface area (Å²) in [5.41, 5.74) is 0. The molecule has 0 unspecified atom stereocenters. The van der Waals surface area contributed by atoms with Crippen molar-refractivity contribution < 1.29 is 58.7 Å². The number of nitrogens with zero attached hydrogens (tertiary/aromatic N) is 2. The van der Waals surface area contributed by atoms with Gasteiger partial charge in [0.1, 0.15) is 6.61 Å². The van der Waals surface area contributed by atoms with Crippen molar-refractivity contribution in [1.82, 2.24) is 9.80 Å². The molecule has 0 aliphatic carbocycles. The van der Waals surface area contributed by atoms with E-state index in [1.807, 2.05) is 27.7 Å². The summed E-state index contributed by atoms with van der Waals surface area (Å²) in [5.74, 6) is -3.71. The van der Waals surface area contributed by atoms with Crippen molar-refractivity contribution in [2.75, 3.05) is 53.6 Å². The average Bonchev–Trinajstić information content (AvgIpc) is 2.86. The smallest absolute Gasteiger partial charge is 0.331 e. The topological polar surface area (TPSA) is 209 Å². The predicted molar refractivity (Wildman–Crippen MR) is 134 cm³/mol. The molecule has 0 aliphatic rings. The van der Waals surface area contributed by atoms with Gasteiger partial charge in [-0.1, -0.05) is 7.43 Å². The zero-order valence-electron chi connectivity index (χ0n) is 21.5. The molecule has 0 atom stereocenters. The number of carboxylic acid groups (broad SMARTS) is 1. The van der Waals surface area contributed by atoms with Gasteiger partial charge < -0.3 is 39.7 Å². The first-order valence-corrected chi connectivity index (χ1v) is 10.6. The van der Waals surface area contributed by atoms with E-state index in [2.05, 4.69) is 14.2 Å². The van der Waals surface area contributed by atoms with Crippen LogP contribution in [-0.2, 0) is 43.0 Å². The van der Waals surface area contributed by atoms with Crippen molar-refractivity contribution in [2.45, 2.75) is 35.1 Å². The van der Waals surface area contributed by atoms with Crippen LogP contribution < -0.4 is 0 Å². The minimum atomic E-state index is -1.17. The van der Waals surface area contributed by atoms with Crippen molar-refractivity contribution in [3.05, 3.63) is 24.3 Å². The molecule has 0 saturated carbocycles. The van der Waals surface area contributed by atoms with Crippen molar-refractivity contribution in [3.63, 3.8) is 0 Å². The number of ether oxygens (including phenoxy) is 3. The normalized spacial score (nSPS) is 9.16. The van der Waals surface area contributed by atoms with Crippen molar-refractivity contribution >= 4 is 35.7 Å². The monoisotopic (exact) mass is 538 g/mol. The van der Waals surface area contributed by atoms with Crippen LogP contribution in [0.5, 0.6) is 0 Å². The van der Waals surface area contributed by atoms with Crippen LogP contribution in [0.15, 0.2) is 24.3 Å². The van der Waals surface area contributed by atoms with E-state index in [0.717, 1.165) is 18.2 Å². The van der Waals surface area contributed by atoms with E-state index in [-0.39, 0.29) is 37.9 Å². The summed E-state index contributed by atoms with van der Waals surface area (Å²) in [6.45, 7) is 9.21. The molecule has 0 aromatic rings. The molecular weight excluding hydrogens is 496 g/mol. The minimum Gasteiger partial charge on any atom is -0.478 e. The number of hydrogen-bond donors (Lipinski definition) is 2. The summed E-state index contributed by atoms with van der Waals surface area (Å²) in [7, 11) is 2.37. The van der Waals surface area contributed by atoms with E-state index in [4.69, 9.17) is 10.2 Å². The van der Waals surface area contributed by atoms with E-state index in [0.29, 0.717) is 32.3 Å². The Morgan fingerprint density at radius 3 is 1.32 bits per heavy atom. The lowest BCUT2D eigenvalue weighted by Gasteiger charge is -2.17. The third kappa shape index (κ3) is 26.7. The number of likely N-dealkylation sites (N-methyl/N-ethyl adjacent to an activating group) is 2. The number of aliphatic hydroxyl groups is 1. The molecule has 14 heteroatoms. The quantitative estimate of drug-likeness (QED) is 0.196. The molecular formula is C23H42N2O12. The van der Waals surface area contributed by atoms with Gasteiger partial charge in [0.2, 0.25) is 5.91 Å². The number of aliphatic hydroxyl groups excluding tert-OH is 1. The maximum Gasteiger partial charge on any atom is 0.331 e. The Kier molecular flexibility index (Phi) is 33.3. The zero-order chi connectivity index (χ0) is 27.8. The molecule has 0 spiro atoms. The molecule has 2 amide bonds. The van der Waals surface area contributed by atoms with Gasteiger partial charge in [0.25, 0.3) is 5.91 Å². The highest BCUT2D eigenvalue weighted by Crippen LogP contribution is 1.91. The number of esters is 3. The van der Waals surface area contributed by atoms with Crippen LogP contribution in [-0.4, -0.2) is 115 Å². The predicted octanol–water partition coefficient (Wildman–Crippen LogP) is -0.414. The largest absolute Gasteiger partial charge is 0.478 e. The number of carbonyl (C=O) groups is 6. The number of hydrogen-bond acceptors (Lipinski definition) is 10. The number of amides is 2. The zero-order valence-corrected chi connectivity index (χ0v) is 21.5. The molecule has 14 nitrogen and oxygen atoms in total. The Morgan fingerprint density at radius 2 is 1.03 bits per heavy atom. The van der Waals surface area contributed by atoms with E-state index < -0.39 is 23.9 Å². The first-order chi connectivity index (χ1) is 16.5. The van der Waals surface area contributed by atoms with E-state index in [9.17, 15) is 28.8 Å². The van der Waals surface area contributed by atoms with Crippen molar-refractivity contribution in [3.8, 4) is 0 Å². The maximum atomic E-state index is 11.4. The number of rotatable bonds is 11. The molecule has 0 saturated heterocycles. The number of carboxylic acids is 1. The van der Waals surface area contributed by atoms with Gasteiger partial charge in [-0.15, -0.1) is 0 Å². The van der Waals surface area contributed by atoms with Gasteiger partial charge in [-0.05, 0) is 27.7 Å². The van der Waals surface area contributed by atoms with Gasteiger partial charge in [0, 0.05) is 50.5 Å². The highest BCUT2D eigenvalue weighted by Gasteiger charge is 2.11. The Balaban J connectivity index is -0.000000146. The highest BCUT2D eigenvalue weighted by atomic mass is 16.5. The second-order valence-corrected chi connectivity index (χ2v) is 5.95. The fourth-order valence-electron chi connectivity index (χ4n) is 1.94. The van der Waals surface area contributed by atoms with E-state index >= 15 is 0 Å². The lowest BCUT2D eigenvalue weighted by atomic mass is 10.4. The molecule has 0 heterocycles. The molecule has 0 rings (SSSR count). The van der Waals surface area contributed by atoms with Crippen molar-refractivity contribution in [1.29, 1.82) is 0 Å². The van der Waals surface area contributed by atoms with Gasteiger partial charge in [0.15, 0.2) is 6.61 Å². The number of carbonyl (C=O) groups excluding carboxylic acids is 5. The van der Waals surface area contributed by atoms with E-state index in [1.165, 1.54) is 19.1 Å². The SMILES string of the molecule is C.CCN(CC)C(=O)CO.CCN(CC)C(=O)COC(=O)/C=C/C(=O)OC.COC(=O)/C=C/C(=O)O.O. The molecule has 0 fully saturated rings. The summed E-state index contributed by atoms with van der Waals surface area (Å²) >= 11 is 0. The summed E-state index contributed by atoms with van der Waals surface area (Å²) < 4.78 is 13.1. The van der Waals surface area contributed by atoms with Crippen LogP contribution >= 0.6 is 0 Å². The first kappa shape index (κ1) is 43.3. The molecule has 0 aromatic carbocycles. The first-order valence-electron chi connectivity index (χ1n) is 10.6. The molecule has 0 bridgehead atoms. The van der Waals surface area contributed by atoms with Gasteiger partial charge in [0.05, 0.1) is 14.2 Å². The van der Waals surface area contributed by atoms with Gasteiger partial charge in [-0.25, -0.2) is 19.2 Å². The van der Waals surface area contributed by atoms with Crippen LogP contribution in [0.4, 0.5) is 0 Å². The number of aliphatic carboxylic acids is 1. The van der Waals surface area contributed by atoms with Crippen LogP contribution in [0.2, 0.25) is 0 Å². The summed E-state index contributed by atoms with van der Waals surface area (Å²) in [6.07, 6.45) is 3.40. The Hall–Kier alpha value is -3.78. The molecule has 0 radical (unpaired) electrons. The van der Waals surface area contributed by atoms with Gasteiger partial charge in [-0.2, -0.15) is 0 Å². The summed E-state index contributed by atoms with van der Waals surface area (Å²) in [6, 6.07) is 0. The van der Waals surface area contributed by atoms with Crippen LogP contribution in [0.1, 0.15) is 35.1 Å². The Bertz CT molecular complexity index is 727. The minimum absolute atomic E-state index is 0. The summed E-state index contributed by atoms with van der Waals surface area (Å²) in [4.78, 5) is 66.8. The van der Waals surface area contributed by atoms with E-state index in [1.54, 1.807) is 4.90 Å². The molecule has 4 N–H and O–H groups in total. The fraction of sp³-hybridized carbons (Fsp3) is 0.565. The average molecular weight is 539 g/mol. The Labute approximate surface area is 217 Å². The highest BCUT2D eigenvalue weighted by molar-refractivity contribution is 5.92. The van der Waals surface area contributed by atoms with Gasteiger partial charge in [-0.3, -0.25) is 9.59 Å². The molecule has 216 valence electrons. The second kappa shape index (κ2) is 28.5. The van der Waals surface area contributed by atoms with Crippen molar-refractivity contribution in [2.24, 2.45) is 0 Å². The second-order valence-electron chi connectivity index (χ2n) is 5.95. The van der Waals surface area contributed by atoms with Crippen LogP contribution in [0.3, 0.4) is 0 Å². The third-order valence-corrected chi connectivity index (χ3v) is 3.83. The summed E-state index contributed by atoms with van der Waals surface area (Å²) in [5, 5.41) is 16.3. The third-order valence-electron chi connectivity index (χ3n) is 3.83. The molecule has 0 aliphatic heterocycles. The maximum absolute atomic E-state index is 11.4. The fourth-order valence-corrected chi connectivity index (χ4v) is 1.94. The van der Waals surface area contributed by atoms with Crippen LogP contribution in [0.25, 0.3) is 0 Å². The lowest BCUT2D eigenvalue weighted by molar-refractivity contribution is -0.148. The molecule has 0 aromatic heterocycles. The molecule has 37 heavy (non-hydrogen) atoms. The number of methoxy groups -OCH3 is 2.